The third-order valence-corrected chi connectivity index (χ3v) is 6.10. The van der Waals surface area contributed by atoms with Crippen molar-refractivity contribution in [1.29, 1.82) is 0 Å². The number of anilines is 1. The summed E-state index contributed by atoms with van der Waals surface area (Å²) in [6.45, 7) is 4.69. The van der Waals surface area contributed by atoms with Crippen molar-refractivity contribution in [2.45, 2.75) is 37.2 Å². The van der Waals surface area contributed by atoms with Gasteiger partial charge < -0.3 is 15.6 Å². The Balaban J connectivity index is 1.81. The molecule has 0 saturated heterocycles. The fourth-order valence-corrected chi connectivity index (χ4v) is 4.55. The Kier molecular flexibility index (Phi) is 6.08. The number of thiophene rings is 1. The van der Waals surface area contributed by atoms with E-state index in [0.29, 0.717) is 15.6 Å². The van der Waals surface area contributed by atoms with E-state index in [4.69, 9.17) is 17.3 Å². The Morgan fingerprint density at radius 2 is 2.19 bits per heavy atom. The van der Waals surface area contributed by atoms with Crippen molar-refractivity contribution in [3.63, 3.8) is 0 Å². The molecule has 2 heterocycles. The van der Waals surface area contributed by atoms with Crippen LogP contribution in [0.25, 0.3) is 11.0 Å². The van der Waals surface area contributed by atoms with Crippen LogP contribution in [0.2, 0.25) is 5.02 Å². The van der Waals surface area contributed by atoms with E-state index in [0.717, 1.165) is 29.2 Å². The smallest absolute Gasteiger partial charge is 0.251 e. The molecule has 0 aliphatic heterocycles. The molecule has 0 radical (unpaired) electrons. The van der Waals surface area contributed by atoms with Crippen LogP contribution in [0.5, 0.6) is 0 Å². The maximum atomic E-state index is 12.6. The number of nitrogens with one attached hydrogen (secondary N) is 1. The number of aromatic nitrogens is 2. The second-order valence-electron chi connectivity index (χ2n) is 5.96. The number of carbonyl (C=O) groups is 2. The van der Waals surface area contributed by atoms with Gasteiger partial charge in [-0.3, -0.25) is 9.59 Å². The zero-order valence-electron chi connectivity index (χ0n) is 14.9. The molecule has 3 rings (SSSR count). The van der Waals surface area contributed by atoms with Gasteiger partial charge in [0, 0.05) is 11.6 Å². The number of aryl methyl sites for hydroxylation is 1. The molecule has 0 spiro atoms. The Hall–Kier alpha value is -2.03. The van der Waals surface area contributed by atoms with Gasteiger partial charge in [0.1, 0.15) is 5.00 Å². The summed E-state index contributed by atoms with van der Waals surface area (Å²) >= 11 is 8.72. The average Bonchev–Trinajstić information content (AvgIpc) is 3.20. The molecular weight excluding hydrogens is 404 g/mol. The molecule has 2 amide bonds. The molecule has 0 bridgehead atoms. The van der Waals surface area contributed by atoms with Crippen LogP contribution in [0.15, 0.2) is 34.8 Å². The van der Waals surface area contributed by atoms with Crippen LogP contribution in [-0.2, 0) is 11.3 Å². The number of hydrogen-bond donors (Lipinski definition) is 2. The maximum Gasteiger partial charge on any atom is 0.251 e. The molecule has 142 valence electrons. The van der Waals surface area contributed by atoms with E-state index in [9.17, 15) is 9.59 Å². The summed E-state index contributed by atoms with van der Waals surface area (Å²) < 4.78 is 2.10. The van der Waals surface area contributed by atoms with E-state index >= 15 is 0 Å². The van der Waals surface area contributed by atoms with Crippen molar-refractivity contribution < 1.29 is 9.59 Å². The molecule has 27 heavy (non-hydrogen) atoms. The van der Waals surface area contributed by atoms with Crippen LogP contribution in [0, 0.1) is 0 Å². The number of thioether (sulfide) groups is 1. The normalized spacial score (nSPS) is 12.3. The van der Waals surface area contributed by atoms with Crippen molar-refractivity contribution in [2.75, 3.05) is 5.32 Å². The van der Waals surface area contributed by atoms with Crippen LogP contribution in [0.4, 0.5) is 5.00 Å². The highest BCUT2D eigenvalue weighted by Gasteiger charge is 2.21. The van der Waals surface area contributed by atoms with Gasteiger partial charge in [-0.25, -0.2) is 4.98 Å². The van der Waals surface area contributed by atoms with Gasteiger partial charge in [-0.05, 0) is 43.0 Å². The lowest BCUT2D eigenvalue weighted by Gasteiger charge is -2.13. The fraction of sp³-hybridized carbons (Fsp3) is 0.278. The van der Waals surface area contributed by atoms with Gasteiger partial charge in [-0.15, -0.1) is 11.3 Å². The van der Waals surface area contributed by atoms with E-state index in [1.54, 1.807) is 18.4 Å². The van der Waals surface area contributed by atoms with Crippen LogP contribution in [0.3, 0.4) is 0 Å². The van der Waals surface area contributed by atoms with Crippen LogP contribution in [-0.4, -0.2) is 26.6 Å². The first-order valence-corrected chi connectivity index (χ1v) is 10.5. The standard InChI is InChI=1S/C18H19ClN4O2S2/c1-3-7-23-14-5-4-11(19)9-13(14)21-18(23)27-10(2)16(25)22-17-12(15(20)24)6-8-26-17/h4-6,8-10H,3,7H2,1-2H3,(H2,20,24)(H,22,25). The van der Waals surface area contributed by atoms with E-state index in [2.05, 4.69) is 21.8 Å². The van der Waals surface area contributed by atoms with E-state index in [-0.39, 0.29) is 5.91 Å². The highest BCUT2D eigenvalue weighted by molar-refractivity contribution is 8.00. The van der Waals surface area contributed by atoms with Crippen molar-refractivity contribution in [3.8, 4) is 0 Å². The average molecular weight is 423 g/mol. The lowest BCUT2D eigenvalue weighted by molar-refractivity contribution is -0.115. The molecule has 0 aliphatic rings. The third kappa shape index (κ3) is 4.28. The minimum Gasteiger partial charge on any atom is -0.366 e. The molecule has 1 aromatic carbocycles. The fourth-order valence-electron chi connectivity index (χ4n) is 2.64. The molecule has 9 heteroatoms. The molecule has 0 aliphatic carbocycles. The molecular formula is C18H19ClN4O2S2. The first-order valence-electron chi connectivity index (χ1n) is 8.41. The molecule has 3 aromatic rings. The second-order valence-corrected chi connectivity index (χ2v) is 8.62. The molecule has 0 saturated carbocycles. The minimum atomic E-state index is -0.562. The topological polar surface area (TPSA) is 90.0 Å². The van der Waals surface area contributed by atoms with Crippen molar-refractivity contribution in [2.24, 2.45) is 5.73 Å². The van der Waals surface area contributed by atoms with Crippen LogP contribution >= 0.6 is 34.7 Å². The lowest BCUT2D eigenvalue weighted by Crippen LogP contribution is -2.24. The first kappa shape index (κ1) is 19.7. The highest BCUT2D eigenvalue weighted by atomic mass is 35.5. The highest BCUT2D eigenvalue weighted by Crippen LogP contribution is 2.30. The van der Waals surface area contributed by atoms with Gasteiger partial charge in [0.2, 0.25) is 5.91 Å². The van der Waals surface area contributed by atoms with Crippen molar-refractivity contribution >= 4 is 62.5 Å². The van der Waals surface area contributed by atoms with E-state index < -0.39 is 11.2 Å². The number of hydrogen-bond acceptors (Lipinski definition) is 5. The number of rotatable bonds is 7. The number of benzene rings is 1. The molecule has 6 nitrogen and oxygen atoms in total. The third-order valence-electron chi connectivity index (χ3n) is 3.94. The summed E-state index contributed by atoms with van der Waals surface area (Å²) in [6, 6.07) is 7.21. The minimum absolute atomic E-state index is 0.210. The summed E-state index contributed by atoms with van der Waals surface area (Å²) in [6.07, 6.45) is 0.944. The largest absolute Gasteiger partial charge is 0.366 e. The van der Waals surface area contributed by atoms with Gasteiger partial charge in [0.25, 0.3) is 5.91 Å². The monoisotopic (exact) mass is 422 g/mol. The number of primary amides is 1. The summed E-state index contributed by atoms with van der Waals surface area (Å²) in [5.41, 5.74) is 7.45. The Labute approximate surface area is 170 Å². The molecule has 1 unspecified atom stereocenters. The van der Waals surface area contributed by atoms with Crippen molar-refractivity contribution in [3.05, 3.63) is 40.2 Å². The SMILES string of the molecule is CCCn1c(SC(C)C(=O)Nc2sccc2C(N)=O)nc2cc(Cl)ccc21. The quantitative estimate of drug-likeness (QED) is 0.553. The number of halogens is 1. The van der Waals surface area contributed by atoms with Gasteiger partial charge >= 0.3 is 0 Å². The Morgan fingerprint density at radius 3 is 2.89 bits per heavy atom. The molecule has 1 atom stereocenters. The molecule has 3 N–H and O–H groups in total. The zero-order chi connectivity index (χ0) is 19.6. The van der Waals surface area contributed by atoms with Crippen LogP contribution < -0.4 is 11.1 Å². The van der Waals surface area contributed by atoms with Crippen LogP contribution in [0.1, 0.15) is 30.6 Å². The predicted octanol–water partition coefficient (Wildman–Crippen LogP) is 4.38. The number of amides is 2. The Morgan fingerprint density at radius 1 is 1.41 bits per heavy atom. The molecule has 0 fully saturated rings. The number of nitrogens with zero attached hydrogens (tertiary/aromatic N) is 2. The van der Waals surface area contributed by atoms with Gasteiger partial charge in [0.15, 0.2) is 5.16 Å². The summed E-state index contributed by atoms with van der Waals surface area (Å²) in [5, 5.41) is 5.96. The van der Waals surface area contributed by atoms with Crippen molar-refractivity contribution in [1.82, 2.24) is 9.55 Å². The summed E-state index contributed by atoms with van der Waals surface area (Å²) in [5.74, 6) is -0.772. The summed E-state index contributed by atoms with van der Waals surface area (Å²) in [7, 11) is 0. The van der Waals surface area contributed by atoms with Gasteiger partial charge in [-0.2, -0.15) is 0 Å². The summed E-state index contributed by atoms with van der Waals surface area (Å²) in [4.78, 5) is 28.7. The molecule has 2 aromatic heterocycles. The zero-order valence-corrected chi connectivity index (χ0v) is 17.2. The van der Waals surface area contributed by atoms with Gasteiger partial charge in [-0.1, -0.05) is 30.3 Å². The number of carbonyl (C=O) groups excluding carboxylic acids is 2. The van der Waals surface area contributed by atoms with E-state index in [1.165, 1.54) is 23.1 Å². The number of fused-ring (bicyclic) bond motifs is 1. The number of imidazole rings is 1. The second kappa shape index (κ2) is 8.33. The van der Waals surface area contributed by atoms with Gasteiger partial charge in [0.05, 0.1) is 21.8 Å². The Bertz CT molecular complexity index is 999. The number of nitrogens with two attached hydrogens (primary N) is 1. The first-order chi connectivity index (χ1) is 12.9. The maximum absolute atomic E-state index is 12.6. The van der Waals surface area contributed by atoms with E-state index in [1.807, 2.05) is 18.2 Å². The lowest BCUT2D eigenvalue weighted by atomic mass is 10.3. The predicted molar refractivity (Wildman–Crippen MR) is 112 cm³/mol.